The lowest BCUT2D eigenvalue weighted by atomic mass is 10.1. The van der Waals surface area contributed by atoms with E-state index in [2.05, 4.69) is 39.9 Å². The molecule has 3 heteroatoms. The molecule has 1 atom stereocenters. The van der Waals surface area contributed by atoms with Gasteiger partial charge in [-0.3, -0.25) is 4.79 Å². The highest BCUT2D eigenvalue weighted by atomic mass is 28.4. The predicted molar refractivity (Wildman–Crippen MR) is 76.5 cm³/mol. The van der Waals surface area contributed by atoms with Gasteiger partial charge in [0.1, 0.15) is 0 Å². The van der Waals surface area contributed by atoms with E-state index in [4.69, 9.17) is 4.43 Å². The molecule has 17 heavy (non-hydrogen) atoms. The minimum absolute atomic E-state index is 0.000301. The van der Waals surface area contributed by atoms with E-state index in [-0.39, 0.29) is 16.9 Å². The van der Waals surface area contributed by atoms with Crippen LogP contribution in [0.4, 0.5) is 0 Å². The summed E-state index contributed by atoms with van der Waals surface area (Å²) < 4.78 is 5.77. The fourth-order valence-electron chi connectivity index (χ4n) is 1.14. The molecule has 2 nitrogen and oxygen atoms in total. The zero-order chi connectivity index (χ0) is 13.7. The largest absolute Gasteiger partial charge is 0.519 e. The molecule has 0 amide bonds. The van der Waals surface area contributed by atoms with E-state index in [1.807, 2.05) is 19.9 Å². The van der Waals surface area contributed by atoms with Crippen LogP contribution in [0.1, 0.15) is 47.5 Å². The molecule has 0 saturated heterocycles. The summed E-state index contributed by atoms with van der Waals surface area (Å²) >= 11 is 0. The monoisotopic (exact) mass is 256 g/mol. The van der Waals surface area contributed by atoms with Gasteiger partial charge < -0.3 is 4.43 Å². The Kier molecular flexibility index (Phi) is 6.17. The Balaban J connectivity index is 4.34. The zero-order valence-corrected chi connectivity index (χ0v) is 13.5. The lowest BCUT2D eigenvalue weighted by Crippen LogP contribution is -2.43. The quantitative estimate of drug-likeness (QED) is 0.534. The number of carbonyl (C=O) groups is 1. The van der Waals surface area contributed by atoms with Crippen molar-refractivity contribution in [3.8, 4) is 0 Å². The third-order valence-corrected chi connectivity index (χ3v) is 7.89. The molecule has 0 aromatic rings. The minimum atomic E-state index is -1.95. The van der Waals surface area contributed by atoms with E-state index in [0.717, 1.165) is 12.8 Å². The molecule has 100 valence electrons. The average molecular weight is 256 g/mol. The van der Waals surface area contributed by atoms with Crippen LogP contribution in [-0.2, 0) is 9.22 Å². The predicted octanol–water partition coefficient (Wildman–Crippen LogP) is 4.53. The van der Waals surface area contributed by atoms with E-state index < -0.39 is 8.32 Å². The van der Waals surface area contributed by atoms with Crippen LogP contribution in [0.3, 0.4) is 0 Å². The normalized spacial score (nSPS) is 15.0. The Labute approximate surface area is 108 Å². The average Bonchev–Trinajstić information content (AvgIpc) is 2.15. The van der Waals surface area contributed by atoms with E-state index in [1.54, 1.807) is 0 Å². The van der Waals surface area contributed by atoms with Gasteiger partial charge in [0.2, 0.25) is 0 Å². The number of allylic oxidation sites excluding steroid dienone is 2. The summed E-state index contributed by atoms with van der Waals surface area (Å²) in [5, 5.41) is 0.0890. The molecule has 0 aliphatic rings. The highest BCUT2D eigenvalue weighted by molar-refractivity contribution is 6.75. The maximum Gasteiger partial charge on any atom is 0.295 e. The summed E-state index contributed by atoms with van der Waals surface area (Å²) in [6, 6.07) is 0. The van der Waals surface area contributed by atoms with Crippen LogP contribution >= 0.6 is 0 Å². The van der Waals surface area contributed by atoms with Crippen molar-refractivity contribution in [2.45, 2.75) is 65.6 Å². The van der Waals surface area contributed by atoms with Crippen molar-refractivity contribution < 1.29 is 9.22 Å². The molecule has 0 bridgehead atoms. The molecule has 0 aromatic heterocycles. The van der Waals surface area contributed by atoms with Gasteiger partial charge in [-0.15, -0.1) is 0 Å². The first-order chi connectivity index (χ1) is 7.62. The van der Waals surface area contributed by atoms with Gasteiger partial charge in [0.15, 0.2) is 0 Å². The Bertz CT molecular complexity index is 274. The molecule has 1 unspecified atom stereocenters. The molecule has 0 aliphatic heterocycles. The molecule has 0 aliphatic carbocycles. The summed E-state index contributed by atoms with van der Waals surface area (Å²) in [5.41, 5.74) is 0. The SMILES string of the molecule is CC=CCCC(C)C(=O)O[Si](C)(C)C(C)(C)C. The highest BCUT2D eigenvalue weighted by Crippen LogP contribution is 2.37. The van der Waals surface area contributed by atoms with Crippen LogP contribution in [-0.4, -0.2) is 14.3 Å². The number of rotatable bonds is 5. The Morgan fingerprint density at radius 3 is 2.29 bits per heavy atom. The second-order valence-corrected chi connectivity index (χ2v) is 11.0. The van der Waals surface area contributed by atoms with Crippen molar-refractivity contribution in [2.75, 3.05) is 0 Å². The lowest BCUT2D eigenvalue weighted by molar-refractivity contribution is -0.139. The smallest absolute Gasteiger partial charge is 0.295 e. The first kappa shape index (κ1) is 16.4. The Morgan fingerprint density at radius 1 is 1.35 bits per heavy atom. The van der Waals surface area contributed by atoms with E-state index in [9.17, 15) is 4.79 Å². The van der Waals surface area contributed by atoms with Gasteiger partial charge in [0.05, 0.1) is 5.92 Å². The first-order valence-electron chi connectivity index (χ1n) is 6.46. The highest BCUT2D eigenvalue weighted by Gasteiger charge is 2.40. The van der Waals surface area contributed by atoms with Crippen LogP contribution in [0.25, 0.3) is 0 Å². The molecule has 0 rings (SSSR count). The van der Waals surface area contributed by atoms with Crippen LogP contribution in [0.2, 0.25) is 18.1 Å². The first-order valence-corrected chi connectivity index (χ1v) is 9.36. The second-order valence-electron chi connectivity index (χ2n) is 6.23. The van der Waals surface area contributed by atoms with Gasteiger partial charge in [-0.1, -0.05) is 39.8 Å². The van der Waals surface area contributed by atoms with Crippen molar-refractivity contribution in [3.05, 3.63) is 12.2 Å². The number of hydrogen-bond donors (Lipinski definition) is 0. The summed E-state index contributed by atoms with van der Waals surface area (Å²) in [5.74, 6) is -0.0265. The fraction of sp³-hybridized carbons (Fsp3) is 0.786. The molecular weight excluding hydrogens is 228 g/mol. The van der Waals surface area contributed by atoms with E-state index in [1.165, 1.54) is 0 Å². The van der Waals surface area contributed by atoms with Crippen LogP contribution < -0.4 is 0 Å². The van der Waals surface area contributed by atoms with Crippen molar-refractivity contribution in [1.29, 1.82) is 0 Å². The van der Waals surface area contributed by atoms with Crippen molar-refractivity contribution in [1.82, 2.24) is 0 Å². The van der Waals surface area contributed by atoms with Crippen molar-refractivity contribution >= 4 is 14.3 Å². The third kappa shape index (κ3) is 5.53. The molecule has 0 aromatic carbocycles. The van der Waals surface area contributed by atoms with Gasteiger partial charge in [-0.25, -0.2) is 0 Å². The maximum absolute atomic E-state index is 12.0. The molecule has 0 spiro atoms. The molecule has 0 heterocycles. The molecule has 0 radical (unpaired) electrons. The van der Waals surface area contributed by atoms with E-state index in [0.29, 0.717) is 0 Å². The Morgan fingerprint density at radius 2 is 1.88 bits per heavy atom. The van der Waals surface area contributed by atoms with E-state index >= 15 is 0 Å². The zero-order valence-electron chi connectivity index (χ0n) is 12.5. The Hall–Kier alpha value is -0.573. The lowest BCUT2D eigenvalue weighted by Gasteiger charge is -2.36. The summed E-state index contributed by atoms with van der Waals surface area (Å²) in [6.45, 7) is 14.6. The van der Waals surface area contributed by atoms with Crippen LogP contribution in [0.15, 0.2) is 12.2 Å². The molecular formula is C14H28O2Si. The standard InChI is InChI=1S/C14H28O2Si/c1-8-9-10-11-12(2)13(15)16-17(6,7)14(3,4)5/h8-9,12H,10-11H2,1-7H3. The molecule has 0 saturated carbocycles. The third-order valence-electron chi connectivity index (χ3n) is 3.57. The maximum atomic E-state index is 12.0. The number of hydrogen-bond acceptors (Lipinski definition) is 2. The topological polar surface area (TPSA) is 26.3 Å². The number of carbonyl (C=O) groups excluding carboxylic acids is 1. The molecule has 0 fully saturated rings. The fourth-order valence-corrected chi connectivity index (χ4v) is 2.15. The van der Waals surface area contributed by atoms with Crippen LogP contribution in [0.5, 0.6) is 0 Å². The summed E-state index contributed by atoms with van der Waals surface area (Å²) in [4.78, 5) is 12.0. The molecule has 0 N–H and O–H groups in total. The minimum Gasteiger partial charge on any atom is -0.519 e. The summed E-state index contributed by atoms with van der Waals surface area (Å²) in [7, 11) is -1.95. The van der Waals surface area contributed by atoms with Gasteiger partial charge in [0.25, 0.3) is 14.3 Å². The summed E-state index contributed by atoms with van der Waals surface area (Å²) in [6.07, 6.45) is 5.93. The van der Waals surface area contributed by atoms with Gasteiger partial charge >= 0.3 is 0 Å². The van der Waals surface area contributed by atoms with Crippen molar-refractivity contribution in [2.24, 2.45) is 5.92 Å². The second kappa shape index (κ2) is 6.38. The van der Waals surface area contributed by atoms with Crippen molar-refractivity contribution in [3.63, 3.8) is 0 Å². The van der Waals surface area contributed by atoms with Gasteiger partial charge in [-0.05, 0) is 37.9 Å². The van der Waals surface area contributed by atoms with Gasteiger partial charge in [-0.2, -0.15) is 0 Å². The van der Waals surface area contributed by atoms with Crippen LogP contribution in [0, 0.1) is 5.92 Å². The van der Waals surface area contributed by atoms with Gasteiger partial charge in [0, 0.05) is 0 Å².